The van der Waals surface area contributed by atoms with Gasteiger partial charge in [0.25, 0.3) is 0 Å². The maximum atomic E-state index is 12.9. The van der Waals surface area contributed by atoms with Crippen LogP contribution in [0.1, 0.15) is 52.4 Å². The number of sulfonamides is 1. The Morgan fingerprint density at radius 3 is 2.04 bits per heavy atom. The summed E-state index contributed by atoms with van der Waals surface area (Å²) >= 11 is 0. The first kappa shape index (κ1) is 19.1. The average Bonchev–Trinajstić information content (AvgIpc) is 2.40. The maximum Gasteiger partial charge on any atom is 0.573 e. The molecule has 4 fully saturated rings. The molecular weight excluding hydrogens is 379 g/mol. The molecule has 4 aliphatic carbocycles. The van der Waals surface area contributed by atoms with Gasteiger partial charge in [-0.25, -0.2) is 13.1 Å². The van der Waals surface area contributed by atoms with Crippen molar-refractivity contribution in [2.24, 2.45) is 16.7 Å². The lowest BCUT2D eigenvalue weighted by molar-refractivity contribution is -0.274. The average molecular weight is 403 g/mol. The first-order valence-corrected chi connectivity index (χ1v) is 10.7. The summed E-state index contributed by atoms with van der Waals surface area (Å²) in [6.07, 6.45) is 1.10. The molecule has 4 bridgehead atoms. The highest BCUT2D eigenvalue weighted by Crippen LogP contribution is 2.66. The molecule has 1 N–H and O–H groups in total. The zero-order chi connectivity index (χ0) is 19.7. The van der Waals surface area contributed by atoms with Crippen molar-refractivity contribution in [3.8, 4) is 5.75 Å². The highest BCUT2D eigenvalue weighted by Gasteiger charge is 2.61. The lowest BCUT2D eigenvalue weighted by Crippen LogP contribution is -2.65. The van der Waals surface area contributed by atoms with Crippen LogP contribution < -0.4 is 9.46 Å². The molecule has 0 saturated heterocycles. The molecular formula is C19H24F3NO3S. The van der Waals surface area contributed by atoms with E-state index in [0.29, 0.717) is 5.92 Å². The third kappa shape index (κ3) is 3.70. The van der Waals surface area contributed by atoms with E-state index >= 15 is 0 Å². The Morgan fingerprint density at radius 2 is 1.56 bits per heavy atom. The Hall–Kier alpha value is -1.28. The zero-order valence-corrected chi connectivity index (χ0v) is 16.2. The van der Waals surface area contributed by atoms with Crippen LogP contribution in [0.25, 0.3) is 0 Å². The van der Waals surface area contributed by atoms with Crippen LogP contribution in [0, 0.1) is 16.7 Å². The van der Waals surface area contributed by atoms with Crippen molar-refractivity contribution in [2.75, 3.05) is 0 Å². The summed E-state index contributed by atoms with van der Waals surface area (Å²) in [6.45, 7) is 4.50. The van der Waals surface area contributed by atoms with Crippen LogP contribution in [0.4, 0.5) is 13.2 Å². The number of ether oxygens (including phenoxy) is 1. The minimum Gasteiger partial charge on any atom is -0.406 e. The third-order valence-electron chi connectivity index (χ3n) is 6.34. The van der Waals surface area contributed by atoms with Crippen molar-refractivity contribution >= 4 is 10.0 Å². The lowest BCUT2D eigenvalue weighted by Gasteiger charge is -2.65. The summed E-state index contributed by atoms with van der Waals surface area (Å²) in [5, 5.41) is 0. The monoisotopic (exact) mass is 403 g/mol. The molecule has 2 unspecified atom stereocenters. The molecule has 1 aromatic rings. The number of hydrogen-bond donors (Lipinski definition) is 1. The molecule has 4 aliphatic rings. The largest absolute Gasteiger partial charge is 0.573 e. The van der Waals surface area contributed by atoms with Gasteiger partial charge in [0.15, 0.2) is 0 Å². The van der Waals surface area contributed by atoms with E-state index in [4.69, 9.17) is 0 Å². The van der Waals surface area contributed by atoms with Gasteiger partial charge in [-0.3, -0.25) is 0 Å². The Bertz CT molecular complexity index is 832. The number of hydrogen-bond acceptors (Lipinski definition) is 3. The minimum atomic E-state index is -4.80. The first-order chi connectivity index (χ1) is 12.3. The van der Waals surface area contributed by atoms with E-state index in [1.807, 2.05) is 0 Å². The molecule has 0 aromatic heterocycles. The quantitative estimate of drug-likeness (QED) is 0.799. The predicted octanol–water partition coefficient (Wildman–Crippen LogP) is 4.61. The Balaban J connectivity index is 1.57. The van der Waals surface area contributed by atoms with E-state index < -0.39 is 27.7 Å². The Morgan fingerprint density at radius 1 is 1.00 bits per heavy atom. The van der Waals surface area contributed by atoms with Crippen molar-refractivity contribution in [1.29, 1.82) is 0 Å². The molecule has 0 aliphatic heterocycles. The van der Waals surface area contributed by atoms with Crippen LogP contribution in [0.15, 0.2) is 29.2 Å². The molecule has 0 radical (unpaired) electrons. The topological polar surface area (TPSA) is 55.4 Å². The van der Waals surface area contributed by atoms with E-state index in [1.165, 1.54) is 0 Å². The van der Waals surface area contributed by atoms with E-state index in [-0.39, 0.29) is 15.7 Å². The number of halogens is 3. The van der Waals surface area contributed by atoms with Gasteiger partial charge >= 0.3 is 6.36 Å². The standard InChI is InChI=1S/C19H24F3NO3S/c1-16-7-13-8-17(2,10-16)12-18(9-13,11-16)23-27(24,25)15-5-3-14(4-6-15)26-19(20,21)22/h3-6,13,23H,7-12H2,1-2H3. The molecule has 0 spiro atoms. The summed E-state index contributed by atoms with van der Waals surface area (Å²) in [6, 6.07) is 4.38. The number of nitrogens with one attached hydrogen (secondary N) is 1. The zero-order valence-electron chi connectivity index (χ0n) is 15.4. The summed E-state index contributed by atoms with van der Waals surface area (Å²) in [7, 11) is -3.82. The van der Waals surface area contributed by atoms with Crippen molar-refractivity contribution in [3.05, 3.63) is 24.3 Å². The van der Waals surface area contributed by atoms with Crippen molar-refractivity contribution in [3.63, 3.8) is 0 Å². The SMILES string of the molecule is CC12CC3CC(C)(C1)CC(NS(=O)(=O)c1ccc(OC(F)(F)F)cc1)(C3)C2. The van der Waals surface area contributed by atoms with Crippen LogP contribution in [0.2, 0.25) is 0 Å². The van der Waals surface area contributed by atoms with Crippen LogP contribution >= 0.6 is 0 Å². The van der Waals surface area contributed by atoms with Gasteiger partial charge in [-0.1, -0.05) is 13.8 Å². The van der Waals surface area contributed by atoms with Crippen LogP contribution in [0.5, 0.6) is 5.75 Å². The molecule has 27 heavy (non-hydrogen) atoms. The second-order valence-electron chi connectivity index (χ2n) is 9.54. The van der Waals surface area contributed by atoms with Gasteiger partial charge in [0, 0.05) is 5.54 Å². The summed E-state index contributed by atoms with van der Waals surface area (Å²) < 4.78 is 69.5. The second kappa shape index (κ2) is 5.63. The van der Waals surface area contributed by atoms with Gasteiger partial charge in [-0.05, 0) is 79.5 Å². The van der Waals surface area contributed by atoms with E-state index in [9.17, 15) is 21.6 Å². The number of benzene rings is 1. The molecule has 4 nitrogen and oxygen atoms in total. The highest BCUT2D eigenvalue weighted by molar-refractivity contribution is 7.89. The molecule has 0 amide bonds. The van der Waals surface area contributed by atoms with Gasteiger partial charge in [-0.15, -0.1) is 13.2 Å². The highest BCUT2D eigenvalue weighted by atomic mass is 32.2. The second-order valence-corrected chi connectivity index (χ2v) is 11.2. The van der Waals surface area contributed by atoms with Gasteiger partial charge in [0.05, 0.1) is 4.90 Å². The van der Waals surface area contributed by atoms with Crippen molar-refractivity contribution in [1.82, 2.24) is 4.72 Å². The van der Waals surface area contributed by atoms with Gasteiger partial charge < -0.3 is 4.74 Å². The molecule has 4 saturated carbocycles. The first-order valence-electron chi connectivity index (χ1n) is 9.19. The van der Waals surface area contributed by atoms with Crippen molar-refractivity contribution < 1.29 is 26.3 Å². The van der Waals surface area contributed by atoms with E-state index in [0.717, 1.165) is 62.8 Å². The number of rotatable bonds is 4. The maximum absolute atomic E-state index is 12.9. The number of alkyl halides is 3. The predicted molar refractivity (Wildman–Crippen MR) is 93.6 cm³/mol. The van der Waals surface area contributed by atoms with Crippen LogP contribution in [0.3, 0.4) is 0 Å². The fourth-order valence-corrected chi connectivity index (χ4v) is 8.14. The van der Waals surface area contributed by atoms with Gasteiger partial charge in [-0.2, -0.15) is 0 Å². The summed E-state index contributed by atoms with van der Waals surface area (Å²) in [4.78, 5) is -0.0388. The molecule has 0 heterocycles. The molecule has 150 valence electrons. The molecule has 5 rings (SSSR count). The smallest absolute Gasteiger partial charge is 0.406 e. The Kier molecular flexibility index (Phi) is 3.97. The molecule has 2 atom stereocenters. The lowest BCUT2D eigenvalue weighted by atomic mass is 9.43. The van der Waals surface area contributed by atoms with Gasteiger partial charge in [0.1, 0.15) is 5.75 Å². The molecule has 8 heteroatoms. The van der Waals surface area contributed by atoms with E-state index in [1.54, 1.807) is 0 Å². The van der Waals surface area contributed by atoms with Crippen LogP contribution in [-0.2, 0) is 10.0 Å². The third-order valence-corrected chi connectivity index (χ3v) is 7.94. The normalized spacial score (nSPS) is 38.2. The minimum absolute atomic E-state index is 0.0388. The van der Waals surface area contributed by atoms with Crippen molar-refractivity contribution in [2.45, 2.75) is 69.2 Å². The summed E-state index contributed by atoms with van der Waals surface area (Å²) in [5.41, 5.74) is -0.148. The van der Waals surface area contributed by atoms with Gasteiger partial charge in [0.2, 0.25) is 10.0 Å². The molecule has 1 aromatic carbocycles. The van der Waals surface area contributed by atoms with Crippen LogP contribution in [-0.4, -0.2) is 20.3 Å². The fourth-order valence-electron chi connectivity index (χ4n) is 6.73. The summed E-state index contributed by atoms with van der Waals surface area (Å²) in [5.74, 6) is 0.0952. The fraction of sp³-hybridized carbons (Fsp3) is 0.684. The van der Waals surface area contributed by atoms with E-state index in [2.05, 4.69) is 23.3 Å². The Labute approximate surface area is 157 Å².